The highest BCUT2D eigenvalue weighted by Gasteiger charge is 2.33. The van der Waals surface area contributed by atoms with Gasteiger partial charge in [0.1, 0.15) is 0 Å². The number of alkyl halides is 3. The number of nitrogens with zero attached hydrogens (tertiary/aromatic N) is 1. The van der Waals surface area contributed by atoms with Gasteiger partial charge < -0.3 is 5.32 Å². The largest absolute Gasteiger partial charge is 0.418 e. The van der Waals surface area contributed by atoms with Crippen LogP contribution in [0, 0.1) is 6.92 Å². The second-order valence-electron chi connectivity index (χ2n) is 8.09. The number of fused-ring (bicyclic) bond motifs is 2. The minimum atomic E-state index is -4.46. The molecule has 0 bridgehead atoms. The van der Waals surface area contributed by atoms with Gasteiger partial charge in [-0.2, -0.15) is 13.2 Å². The molecule has 33 heavy (non-hydrogen) atoms. The SMILES string of the molecule is Cc1cnc2c(C(F)(F)F)cccc2c1-c1cccc(NCc2cccc3ccccc23)c1. The summed E-state index contributed by atoms with van der Waals surface area (Å²) in [4.78, 5) is 4.13. The fraction of sp³-hybridized carbons (Fsp3) is 0.107. The lowest BCUT2D eigenvalue weighted by Crippen LogP contribution is -2.07. The number of aryl methyl sites for hydroxylation is 1. The zero-order valence-corrected chi connectivity index (χ0v) is 17.9. The van der Waals surface area contributed by atoms with Crippen LogP contribution in [-0.4, -0.2) is 4.98 Å². The van der Waals surface area contributed by atoms with Gasteiger partial charge in [-0.25, -0.2) is 0 Å². The second-order valence-corrected chi connectivity index (χ2v) is 8.09. The Morgan fingerprint density at radius 1 is 0.818 bits per heavy atom. The van der Waals surface area contributed by atoms with Crippen molar-refractivity contribution in [2.24, 2.45) is 0 Å². The number of rotatable bonds is 4. The summed E-state index contributed by atoms with van der Waals surface area (Å²) in [6, 6.07) is 26.5. The lowest BCUT2D eigenvalue weighted by Gasteiger charge is -2.15. The van der Waals surface area contributed by atoms with Crippen LogP contribution in [-0.2, 0) is 12.7 Å². The predicted molar refractivity (Wildman–Crippen MR) is 128 cm³/mol. The summed E-state index contributed by atoms with van der Waals surface area (Å²) in [6.07, 6.45) is -2.94. The van der Waals surface area contributed by atoms with Crippen molar-refractivity contribution in [3.63, 3.8) is 0 Å². The minimum Gasteiger partial charge on any atom is -0.381 e. The van der Waals surface area contributed by atoms with Gasteiger partial charge in [-0.05, 0) is 58.1 Å². The first-order valence-electron chi connectivity index (χ1n) is 10.7. The van der Waals surface area contributed by atoms with Gasteiger partial charge in [0.25, 0.3) is 0 Å². The maximum atomic E-state index is 13.5. The zero-order chi connectivity index (χ0) is 23.0. The van der Waals surface area contributed by atoms with Gasteiger partial charge in [0.2, 0.25) is 0 Å². The molecule has 1 heterocycles. The second kappa shape index (κ2) is 8.24. The molecule has 4 aromatic carbocycles. The number of benzene rings is 4. The third-order valence-corrected chi connectivity index (χ3v) is 5.91. The number of para-hydroxylation sites is 1. The first-order valence-corrected chi connectivity index (χ1v) is 10.7. The van der Waals surface area contributed by atoms with E-state index in [0.29, 0.717) is 11.9 Å². The molecule has 5 heteroatoms. The van der Waals surface area contributed by atoms with E-state index in [4.69, 9.17) is 0 Å². The van der Waals surface area contributed by atoms with Gasteiger partial charge in [0, 0.05) is 23.8 Å². The molecule has 5 aromatic rings. The summed E-state index contributed by atoms with van der Waals surface area (Å²) in [7, 11) is 0. The molecular formula is C28H21F3N2. The van der Waals surface area contributed by atoms with Crippen LogP contribution in [0.1, 0.15) is 16.7 Å². The first kappa shape index (κ1) is 21.0. The van der Waals surface area contributed by atoms with Crippen molar-refractivity contribution < 1.29 is 13.2 Å². The van der Waals surface area contributed by atoms with E-state index in [-0.39, 0.29) is 5.52 Å². The molecule has 1 N–H and O–H groups in total. The van der Waals surface area contributed by atoms with Crippen LogP contribution >= 0.6 is 0 Å². The Morgan fingerprint density at radius 2 is 1.55 bits per heavy atom. The molecule has 0 amide bonds. The topological polar surface area (TPSA) is 24.9 Å². The average Bonchev–Trinajstić information content (AvgIpc) is 2.81. The molecule has 0 unspecified atom stereocenters. The van der Waals surface area contributed by atoms with Crippen molar-refractivity contribution in [1.82, 2.24) is 4.98 Å². The molecule has 0 saturated heterocycles. The zero-order valence-electron chi connectivity index (χ0n) is 17.9. The molecule has 0 atom stereocenters. The number of pyridine rings is 1. The summed E-state index contributed by atoms with van der Waals surface area (Å²) < 4.78 is 40.6. The molecule has 164 valence electrons. The predicted octanol–water partition coefficient (Wildman–Crippen LogP) is 7.99. The number of anilines is 1. The Labute approximate surface area is 189 Å². The smallest absolute Gasteiger partial charge is 0.381 e. The van der Waals surface area contributed by atoms with Crippen LogP contribution in [0.2, 0.25) is 0 Å². The molecular weight excluding hydrogens is 421 g/mol. The van der Waals surface area contributed by atoms with E-state index in [9.17, 15) is 13.2 Å². The molecule has 5 rings (SSSR count). The highest BCUT2D eigenvalue weighted by atomic mass is 19.4. The maximum absolute atomic E-state index is 13.5. The minimum absolute atomic E-state index is 0.0280. The van der Waals surface area contributed by atoms with E-state index in [0.717, 1.165) is 28.4 Å². The summed E-state index contributed by atoms with van der Waals surface area (Å²) in [5.41, 5.74) is 3.77. The van der Waals surface area contributed by atoms with Crippen molar-refractivity contribution in [2.75, 3.05) is 5.32 Å². The molecule has 1 aromatic heterocycles. The Morgan fingerprint density at radius 3 is 2.39 bits per heavy atom. The average molecular weight is 442 g/mol. The number of hydrogen-bond donors (Lipinski definition) is 1. The third-order valence-electron chi connectivity index (χ3n) is 5.91. The van der Waals surface area contributed by atoms with Crippen LogP contribution in [0.3, 0.4) is 0 Å². The van der Waals surface area contributed by atoms with E-state index in [1.807, 2.05) is 49.4 Å². The molecule has 0 aliphatic rings. The van der Waals surface area contributed by atoms with Gasteiger partial charge in [-0.3, -0.25) is 4.98 Å². The van der Waals surface area contributed by atoms with Crippen LogP contribution in [0.4, 0.5) is 18.9 Å². The fourth-order valence-electron chi connectivity index (χ4n) is 4.36. The van der Waals surface area contributed by atoms with E-state index >= 15 is 0 Å². The van der Waals surface area contributed by atoms with E-state index in [1.54, 1.807) is 6.07 Å². The first-order chi connectivity index (χ1) is 15.9. The van der Waals surface area contributed by atoms with Gasteiger partial charge in [0.15, 0.2) is 0 Å². The third kappa shape index (κ3) is 4.02. The fourth-order valence-corrected chi connectivity index (χ4v) is 4.36. The van der Waals surface area contributed by atoms with Crippen molar-refractivity contribution >= 4 is 27.4 Å². The van der Waals surface area contributed by atoms with Gasteiger partial charge in [0.05, 0.1) is 11.1 Å². The molecule has 0 aliphatic carbocycles. The molecule has 2 nitrogen and oxygen atoms in total. The maximum Gasteiger partial charge on any atom is 0.418 e. The van der Waals surface area contributed by atoms with Crippen LogP contribution in [0.15, 0.2) is 91.1 Å². The van der Waals surface area contributed by atoms with Crippen LogP contribution in [0.25, 0.3) is 32.8 Å². The van der Waals surface area contributed by atoms with E-state index in [1.165, 1.54) is 28.6 Å². The summed E-state index contributed by atoms with van der Waals surface area (Å²) in [6.45, 7) is 2.51. The van der Waals surface area contributed by atoms with E-state index < -0.39 is 11.7 Å². The quantitative estimate of drug-likeness (QED) is 0.305. The van der Waals surface area contributed by atoms with Crippen molar-refractivity contribution in [2.45, 2.75) is 19.6 Å². The number of halogens is 3. The summed E-state index contributed by atoms with van der Waals surface area (Å²) in [5.74, 6) is 0. The van der Waals surface area contributed by atoms with Crippen LogP contribution in [0.5, 0.6) is 0 Å². The molecule has 0 spiro atoms. The van der Waals surface area contributed by atoms with Gasteiger partial charge in [-0.1, -0.05) is 66.7 Å². The Hall–Kier alpha value is -3.86. The normalized spacial score (nSPS) is 11.8. The van der Waals surface area contributed by atoms with Crippen molar-refractivity contribution in [3.05, 3.63) is 108 Å². The highest BCUT2D eigenvalue weighted by Crippen LogP contribution is 2.38. The Bertz CT molecular complexity index is 1470. The lowest BCUT2D eigenvalue weighted by atomic mass is 9.95. The Kier molecular flexibility index (Phi) is 5.25. The molecule has 0 radical (unpaired) electrons. The number of nitrogens with one attached hydrogen (secondary N) is 1. The number of hydrogen-bond acceptors (Lipinski definition) is 2. The van der Waals surface area contributed by atoms with Crippen molar-refractivity contribution in [1.29, 1.82) is 0 Å². The standard InChI is InChI=1S/C28H21F3N2/c1-18-16-33-27-24(13-6-14-25(27)28(29,30)31)26(18)20-9-5-11-22(15-20)32-17-21-10-4-8-19-7-2-3-12-23(19)21/h2-16,32H,17H2,1H3. The summed E-state index contributed by atoms with van der Waals surface area (Å²) >= 11 is 0. The number of aromatic nitrogens is 1. The van der Waals surface area contributed by atoms with Gasteiger partial charge in [-0.15, -0.1) is 0 Å². The van der Waals surface area contributed by atoms with Gasteiger partial charge >= 0.3 is 6.18 Å². The van der Waals surface area contributed by atoms with E-state index in [2.05, 4.69) is 34.6 Å². The molecule has 0 fully saturated rings. The summed E-state index contributed by atoms with van der Waals surface area (Å²) in [5, 5.41) is 6.35. The molecule has 0 saturated carbocycles. The molecule has 0 aliphatic heterocycles. The van der Waals surface area contributed by atoms with Crippen LogP contribution < -0.4 is 5.32 Å². The monoisotopic (exact) mass is 442 g/mol. The lowest BCUT2D eigenvalue weighted by molar-refractivity contribution is -0.136. The highest BCUT2D eigenvalue weighted by molar-refractivity contribution is 5.98. The Balaban J connectivity index is 1.53. The van der Waals surface area contributed by atoms with Crippen molar-refractivity contribution in [3.8, 4) is 11.1 Å².